The Morgan fingerprint density at radius 3 is 2.00 bits per heavy atom. The highest BCUT2D eigenvalue weighted by atomic mass is 15.0. The lowest BCUT2D eigenvalue weighted by Crippen LogP contribution is -2.37. The van der Waals surface area contributed by atoms with Gasteiger partial charge in [-0.3, -0.25) is 0 Å². The smallest absolute Gasteiger partial charge is 0.0184 e. The van der Waals surface area contributed by atoms with Crippen LogP contribution in [0.3, 0.4) is 0 Å². The predicted molar refractivity (Wildman–Crippen MR) is 77.7 cm³/mol. The molecule has 0 atom stereocenters. The third kappa shape index (κ3) is 2.13. The molecule has 0 aromatic rings. The van der Waals surface area contributed by atoms with E-state index in [4.69, 9.17) is 0 Å². The Morgan fingerprint density at radius 2 is 1.50 bits per heavy atom. The van der Waals surface area contributed by atoms with Crippen molar-refractivity contribution in [3.8, 4) is 0 Å². The SMILES string of the molecule is CNC12CCC(C3CCCC(C)CCC3)(CC1)C2. The van der Waals surface area contributed by atoms with Crippen LogP contribution in [0.25, 0.3) is 0 Å². The number of fused-ring (bicyclic) bond motifs is 2. The molecule has 0 spiro atoms. The first-order valence-electron chi connectivity index (χ1n) is 8.37. The maximum atomic E-state index is 3.67. The lowest BCUT2D eigenvalue weighted by molar-refractivity contribution is 0.130. The van der Waals surface area contributed by atoms with Gasteiger partial charge in [0.05, 0.1) is 0 Å². The first-order chi connectivity index (χ1) is 8.68. The van der Waals surface area contributed by atoms with Crippen LogP contribution in [-0.2, 0) is 0 Å². The second kappa shape index (κ2) is 4.81. The van der Waals surface area contributed by atoms with Crippen molar-refractivity contribution in [2.75, 3.05) is 7.05 Å². The predicted octanol–water partition coefficient (Wildman–Crippen LogP) is 4.52. The van der Waals surface area contributed by atoms with E-state index in [9.17, 15) is 0 Å². The maximum absolute atomic E-state index is 3.67. The lowest BCUT2D eigenvalue weighted by Gasteiger charge is -2.37. The molecule has 3 saturated carbocycles. The minimum atomic E-state index is 0.551. The zero-order valence-corrected chi connectivity index (χ0v) is 12.4. The summed E-state index contributed by atoms with van der Waals surface area (Å²) < 4.78 is 0. The zero-order valence-electron chi connectivity index (χ0n) is 12.4. The van der Waals surface area contributed by atoms with E-state index in [1.165, 1.54) is 70.6 Å². The van der Waals surface area contributed by atoms with Gasteiger partial charge in [0.15, 0.2) is 0 Å². The van der Waals surface area contributed by atoms with E-state index < -0.39 is 0 Å². The van der Waals surface area contributed by atoms with E-state index in [1.807, 2.05) is 0 Å². The molecule has 0 saturated heterocycles. The highest BCUT2D eigenvalue weighted by Crippen LogP contribution is 2.62. The van der Waals surface area contributed by atoms with Crippen LogP contribution in [-0.4, -0.2) is 12.6 Å². The third-order valence-electron chi connectivity index (χ3n) is 6.79. The van der Waals surface area contributed by atoms with Gasteiger partial charge in [0.2, 0.25) is 0 Å². The van der Waals surface area contributed by atoms with Crippen molar-refractivity contribution >= 4 is 0 Å². The quantitative estimate of drug-likeness (QED) is 0.759. The van der Waals surface area contributed by atoms with Crippen LogP contribution < -0.4 is 5.32 Å². The molecule has 0 unspecified atom stereocenters. The summed E-state index contributed by atoms with van der Waals surface area (Å²) in [6.45, 7) is 2.45. The largest absolute Gasteiger partial charge is 0.314 e. The molecular formula is C17H31N. The molecule has 0 radical (unpaired) electrons. The summed E-state index contributed by atoms with van der Waals surface area (Å²) >= 11 is 0. The minimum absolute atomic E-state index is 0.551. The van der Waals surface area contributed by atoms with Gasteiger partial charge in [-0.15, -0.1) is 0 Å². The third-order valence-corrected chi connectivity index (χ3v) is 6.79. The Morgan fingerprint density at radius 1 is 0.889 bits per heavy atom. The maximum Gasteiger partial charge on any atom is 0.0184 e. The fourth-order valence-electron chi connectivity index (χ4n) is 5.47. The van der Waals surface area contributed by atoms with E-state index >= 15 is 0 Å². The molecule has 3 aliphatic carbocycles. The van der Waals surface area contributed by atoms with Crippen molar-refractivity contribution in [2.45, 2.75) is 83.1 Å². The van der Waals surface area contributed by atoms with Crippen molar-refractivity contribution in [2.24, 2.45) is 17.3 Å². The molecule has 0 aromatic carbocycles. The van der Waals surface area contributed by atoms with Gasteiger partial charge in [-0.1, -0.05) is 32.6 Å². The number of nitrogens with one attached hydrogen (secondary N) is 1. The Balaban J connectivity index is 1.67. The highest BCUT2D eigenvalue weighted by molar-refractivity contribution is 5.11. The van der Waals surface area contributed by atoms with Crippen LogP contribution in [0, 0.1) is 17.3 Å². The van der Waals surface area contributed by atoms with Gasteiger partial charge < -0.3 is 5.32 Å². The molecular weight excluding hydrogens is 218 g/mol. The summed E-state index contributed by atoms with van der Waals surface area (Å²) in [6, 6.07) is 0. The van der Waals surface area contributed by atoms with Gasteiger partial charge in [0.1, 0.15) is 0 Å². The Hall–Kier alpha value is -0.0400. The van der Waals surface area contributed by atoms with E-state index in [0.29, 0.717) is 5.54 Å². The van der Waals surface area contributed by atoms with Crippen LogP contribution in [0.1, 0.15) is 77.6 Å². The van der Waals surface area contributed by atoms with Crippen LogP contribution in [0.4, 0.5) is 0 Å². The van der Waals surface area contributed by atoms with Gasteiger partial charge in [-0.25, -0.2) is 0 Å². The molecule has 0 heterocycles. The molecule has 18 heavy (non-hydrogen) atoms. The summed E-state index contributed by atoms with van der Waals surface area (Å²) in [7, 11) is 2.20. The van der Waals surface area contributed by atoms with E-state index in [-0.39, 0.29) is 0 Å². The van der Waals surface area contributed by atoms with Crippen molar-refractivity contribution in [1.82, 2.24) is 5.32 Å². The van der Waals surface area contributed by atoms with Gasteiger partial charge in [-0.2, -0.15) is 0 Å². The average molecular weight is 249 g/mol. The van der Waals surface area contributed by atoms with Crippen molar-refractivity contribution in [3.63, 3.8) is 0 Å². The zero-order chi connectivity index (χ0) is 12.6. The second-order valence-corrected chi connectivity index (χ2v) is 7.73. The van der Waals surface area contributed by atoms with Crippen molar-refractivity contribution in [1.29, 1.82) is 0 Å². The standard InChI is InChI=1S/C17H31N/c1-14-5-3-7-15(8-4-6-14)16-9-11-17(13-16,18-2)12-10-16/h14-15,18H,3-13H2,1-2H3. The molecule has 1 nitrogen and oxygen atoms in total. The molecule has 0 aromatic heterocycles. The van der Waals surface area contributed by atoms with E-state index in [0.717, 1.165) is 17.3 Å². The fraction of sp³-hybridized carbons (Fsp3) is 1.00. The van der Waals surface area contributed by atoms with Crippen LogP contribution >= 0.6 is 0 Å². The number of hydrogen-bond acceptors (Lipinski definition) is 1. The minimum Gasteiger partial charge on any atom is -0.314 e. The molecule has 1 N–H and O–H groups in total. The summed E-state index contributed by atoms with van der Waals surface area (Å²) in [4.78, 5) is 0. The molecule has 3 fully saturated rings. The summed E-state index contributed by atoms with van der Waals surface area (Å²) in [5, 5.41) is 3.67. The molecule has 0 amide bonds. The molecule has 2 bridgehead atoms. The Kier molecular flexibility index (Phi) is 3.47. The van der Waals surface area contributed by atoms with E-state index in [2.05, 4.69) is 19.3 Å². The van der Waals surface area contributed by atoms with Crippen LogP contribution in [0.15, 0.2) is 0 Å². The topological polar surface area (TPSA) is 12.0 Å². The monoisotopic (exact) mass is 249 g/mol. The fourth-order valence-corrected chi connectivity index (χ4v) is 5.47. The lowest BCUT2D eigenvalue weighted by atomic mass is 9.67. The first-order valence-corrected chi connectivity index (χ1v) is 8.37. The average Bonchev–Trinajstić information content (AvgIpc) is 2.91. The first kappa shape index (κ1) is 13.0. The summed E-state index contributed by atoms with van der Waals surface area (Å²) in [5.74, 6) is 2.05. The normalized spacial score (nSPS) is 49.0. The number of hydrogen-bond donors (Lipinski definition) is 1. The molecule has 104 valence electrons. The van der Waals surface area contributed by atoms with E-state index in [1.54, 1.807) is 0 Å². The molecule has 3 aliphatic rings. The summed E-state index contributed by atoms with van der Waals surface area (Å²) in [6.07, 6.45) is 16.5. The Bertz CT molecular complexity index is 278. The van der Waals surface area contributed by atoms with Crippen LogP contribution in [0.2, 0.25) is 0 Å². The molecule has 0 aliphatic heterocycles. The van der Waals surface area contributed by atoms with Crippen molar-refractivity contribution < 1.29 is 0 Å². The summed E-state index contributed by atoms with van der Waals surface area (Å²) in [5.41, 5.74) is 1.30. The van der Waals surface area contributed by atoms with Crippen LogP contribution in [0.5, 0.6) is 0 Å². The van der Waals surface area contributed by atoms with Gasteiger partial charge >= 0.3 is 0 Å². The number of rotatable bonds is 2. The van der Waals surface area contributed by atoms with Gasteiger partial charge in [-0.05, 0) is 69.2 Å². The highest BCUT2D eigenvalue weighted by Gasteiger charge is 2.56. The molecule has 3 rings (SSSR count). The molecule has 1 heteroatoms. The van der Waals surface area contributed by atoms with Gasteiger partial charge in [0.25, 0.3) is 0 Å². The second-order valence-electron chi connectivity index (χ2n) is 7.73. The van der Waals surface area contributed by atoms with Gasteiger partial charge in [0, 0.05) is 5.54 Å². The van der Waals surface area contributed by atoms with Crippen molar-refractivity contribution in [3.05, 3.63) is 0 Å². The Labute approximate surface area is 113 Å².